The van der Waals surface area contributed by atoms with Crippen LogP contribution in [0.25, 0.3) is 5.65 Å². The van der Waals surface area contributed by atoms with Gasteiger partial charge in [0.05, 0.1) is 12.3 Å². The molecule has 0 bridgehead atoms. The van der Waals surface area contributed by atoms with E-state index in [-0.39, 0.29) is 12.5 Å². The van der Waals surface area contributed by atoms with Crippen LogP contribution < -0.4 is 14.8 Å². The molecule has 0 atom stereocenters. The molecule has 1 N–H and O–H groups in total. The Labute approximate surface area is 145 Å². The number of carbonyl (C=O) groups excluding carboxylic acids is 1. The second kappa shape index (κ2) is 7.65. The smallest absolute Gasteiger partial charge is 0.263 e. The highest BCUT2D eigenvalue weighted by atomic mass is 16.5. The van der Waals surface area contributed by atoms with Crippen molar-refractivity contribution in [3.63, 3.8) is 0 Å². The lowest BCUT2D eigenvalue weighted by molar-refractivity contribution is -0.118. The zero-order chi connectivity index (χ0) is 17.6. The van der Waals surface area contributed by atoms with Gasteiger partial charge in [0.2, 0.25) is 0 Å². The van der Waals surface area contributed by atoms with Crippen LogP contribution in [0.2, 0.25) is 0 Å². The normalized spacial score (nSPS) is 10.6. The Hall–Kier alpha value is -3.09. The lowest BCUT2D eigenvalue weighted by Gasteiger charge is -2.11. The van der Waals surface area contributed by atoms with Gasteiger partial charge in [-0.05, 0) is 37.6 Å². The second-order valence-electron chi connectivity index (χ2n) is 5.52. The highest BCUT2D eigenvalue weighted by molar-refractivity contribution is 5.92. The molecule has 3 rings (SSSR count). The number of aromatic nitrogens is 3. The highest BCUT2D eigenvalue weighted by Gasteiger charge is 2.11. The SMILES string of the molecule is CCCOc1cccnc1NC(=O)COc1cccn2cc(C)nc12. The fourth-order valence-corrected chi connectivity index (χ4v) is 2.35. The molecule has 0 aromatic carbocycles. The average molecular weight is 340 g/mol. The van der Waals surface area contributed by atoms with Crippen LogP contribution in [0.3, 0.4) is 0 Å². The lowest BCUT2D eigenvalue weighted by Crippen LogP contribution is -2.21. The highest BCUT2D eigenvalue weighted by Crippen LogP contribution is 2.22. The number of imidazole rings is 1. The zero-order valence-electron chi connectivity index (χ0n) is 14.2. The summed E-state index contributed by atoms with van der Waals surface area (Å²) >= 11 is 0. The monoisotopic (exact) mass is 340 g/mol. The molecule has 0 fully saturated rings. The molecule has 25 heavy (non-hydrogen) atoms. The summed E-state index contributed by atoms with van der Waals surface area (Å²) in [5.41, 5.74) is 1.56. The first-order valence-electron chi connectivity index (χ1n) is 8.12. The van der Waals surface area contributed by atoms with E-state index in [1.165, 1.54) is 0 Å². The summed E-state index contributed by atoms with van der Waals surface area (Å²) in [6, 6.07) is 7.16. The molecule has 0 aliphatic carbocycles. The minimum atomic E-state index is -0.315. The largest absolute Gasteiger partial charge is 0.490 e. The van der Waals surface area contributed by atoms with E-state index in [4.69, 9.17) is 9.47 Å². The van der Waals surface area contributed by atoms with Crippen molar-refractivity contribution in [1.29, 1.82) is 0 Å². The van der Waals surface area contributed by atoms with Gasteiger partial charge in [-0.2, -0.15) is 0 Å². The number of fused-ring (bicyclic) bond motifs is 1. The summed E-state index contributed by atoms with van der Waals surface area (Å²) in [6.45, 7) is 4.34. The Morgan fingerprint density at radius 2 is 2.08 bits per heavy atom. The van der Waals surface area contributed by atoms with Crippen LogP contribution in [0.5, 0.6) is 11.5 Å². The summed E-state index contributed by atoms with van der Waals surface area (Å²) in [5, 5.41) is 2.72. The van der Waals surface area contributed by atoms with Crippen molar-refractivity contribution in [1.82, 2.24) is 14.4 Å². The van der Waals surface area contributed by atoms with Gasteiger partial charge >= 0.3 is 0 Å². The molecular weight excluding hydrogens is 320 g/mol. The molecule has 3 aromatic rings. The quantitative estimate of drug-likeness (QED) is 0.715. The van der Waals surface area contributed by atoms with E-state index < -0.39 is 0 Å². The molecule has 130 valence electrons. The standard InChI is InChI=1S/C18H20N4O3/c1-3-10-24-14-6-4-8-19-17(14)21-16(23)12-25-15-7-5-9-22-11-13(2)20-18(15)22/h4-9,11H,3,10,12H2,1-2H3,(H,19,21,23). The van der Waals surface area contributed by atoms with Gasteiger partial charge in [0.1, 0.15) is 0 Å². The van der Waals surface area contributed by atoms with E-state index >= 15 is 0 Å². The van der Waals surface area contributed by atoms with Crippen molar-refractivity contribution in [3.05, 3.63) is 48.5 Å². The molecule has 0 saturated heterocycles. The fourth-order valence-electron chi connectivity index (χ4n) is 2.35. The number of amides is 1. The number of nitrogens with one attached hydrogen (secondary N) is 1. The predicted molar refractivity (Wildman–Crippen MR) is 94.1 cm³/mol. The number of hydrogen-bond acceptors (Lipinski definition) is 5. The molecule has 0 unspecified atom stereocenters. The number of pyridine rings is 2. The van der Waals surface area contributed by atoms with Gasteiger partial charge in [0.25, 0.3) is 5.91 Å². The number of hydrogen-bond donors (Lipinski definition) is 1. The fraction of sp³-hybridized carbons (Fsp3) is 0.278. The van der Waals surface area contributed by atoms with Crippen molar-refractivity contribution in [2.45, 2.75) is 20.3 Å². The summed E-state index contributed by atoms with van der Waals surface area (Å²) in [6.07, 6.45) is 6.25. The van der Waals surface area contributed by atoms with Crippen molar-refractivity contribution < 1.29 is 14.3 Å². The molecule has 3 aromatic heterocycles. The molecule has 0 aliphatic heterocycles. The van der Waals surface area contributed by atoms with Gasteiger partial charge in [0.15, 0.2) is 29.6 Å². The molecular formula is C18H20N4O3. The molecule has 1 amide bonds. The van der Waals surface area contributed by atoms with Crippen molar-refractivity contribution in [3.8, 4) is 11.5 Å². The van der Waals surface area contributed by atoms with E-state index in [1.807, 2.05) is 36.7 Å². The first-order chi connectivity index (χ1) is 12.2. The number of ether oxygens (including phenoxy) is 2. The Morgan fingerprint density at radius 1 is 1.24 bits per heavy atom. The topological polar surface area (TPSA) is 77.8 Å². The molecule has 0 saturated carbocycles. The van der Waals surface area contributed by atoms with Crippen LogP contribution in [0.15, 0.2) is 42.9 Å². The van der Waals surface area contributed by atoms with Gasteiger partial charge in [-0.15, -0.1) is 0 Å². The van der Waals surface area contributed by atoms with E-state index in [9.17, 15) is 4.79 Å². The van der Waals surface area contributed by atoms with Crippen LogP contribution in [0.1, 0.15) is 19.0 Å². The Kier molecular flexibility index (Phi) is 5.13. The van der Waals surface area contributed by atoms with E-state index in [0.717, 1.165) is 12.1 Å². The first-order valence-corrected chi connectivity index (χ1v) is 8.12. The molecule has 0 spiro atoms. The Morgan fingerprint density at radius 3 is 2.92 bits per heavy atom. The maximum absolute atomic E-state index is 12.2. The number of nitrogens with zero attached hydrogens (tertiary/aromatic N) is 3. The minimum absolute atomic E-state index is 0.143. The van der Waals surface area contributed by atoms with E-state index in [1.54, 1.807) is 24.4 Å². The molecule has 3 heterocycles. The van der Waals surface area contributed by atoms with Crippen LogP contribution in [0.4, 0.5) is 5.82 Å². The van der Waals surface area contributed by atoms with Crippen LogP contribution >= 0.6 is 0 Å². The first kappa shape index (κ1) is 16.8. The average Bonchev–Trinajstić information content (AvgIpc) is 3.00. The molecule has 7 nitrogen and oxygen atoms in total. The summed E-state index contributed by atoms with van der Waals surface area (Å²) in [4.78, 5) is 20.7. The number of aryl methyl sites for hydroxylation is 1. The van der Waals surface area contributed by atoms with Crippen molar-refractivity contribution >= 4 is 17.4 Å². The molecule has 0 aliphatic rings. The van der Waals surface area contributed by atoms with Gasteiger partial charge in [0, 0.05) is 18.6 Å². The van der Waals surface area contributed by atoms with Gasteiger partial charge < -0.3 is 19.2 Å². The van der Waals surface area contributed by atoms with Gasteiger partial charge in [-0.3, -0.25) is 4.79 Å². The Bertz CT molecular complexity index is 876. The summed E-state index contributed by atoms with van der Waals surface area (Å²) < 4.78 is 13.1. The minimum Gasteiger partial charge on any atom is -0.490 e. The second-order valence-corrected chi connectivity index (χ2v) is 5.52. The Balaban J connectivity index is 1.65. The van der Waals surface area contributed by atoms with Crippen LogP contribution in [-0.4, -0.2) is 33.5 Å². The summed E-state index contributed by atoms with van der Waals surface area (Å²) in [7, 11) is 0. The number of anilines is 1. The van der Waals surface area contributed by atoms with Crippen LogP contribution in [0, 0.1) is 6.92 Å². The van der Waals surface area contributed by atoms with Gasteiger partial charge in [-0.1, -0.05) is 6.92 Å². The van der Waals surface area contributed by atoms with Crippen molar-refractivity contribution in [2.24, 2.45) is 0 Å². The lowest BCUT2D eigenvalue weighted by atomic mass is 10.4. The number of carbonyl (C=O) groups is 1. The third kappa shape index (κ3) is 4.06. The molecule has 0 radical (unpaired) electrons. The third-order valence-corrected chi connectivity index (χ3v) is 3.42. The van der Waals surface area contributed by atoms with Crippen LogP contribution in [-0.2, 0) is 4.79 Å². The predicted octanol–water partition coefficient (Wildman–Crippen LogP) is 2.84. The maximum atomic E-state index is 12.2. The van der Waals surface area contributed by atoms with Crippen molar-refractivity contribution in [2.75, 3.05) is 18.5 Å². The van der Waals surface area contributed by atoms with E-state index in [2.05, 4.69) is 15.3 Å². The van der Waals surface area contributed by atoms with Gasteiger partial charge in [-0.25, -0.2) is 9.97 Å². The third-order valence-electron chi connectivity index (χ3n) is 3.42. The number of rotatable bonds is 7. The molecule has 7 heteroatoms. The maximum Gasteiger partial charge on any atom is 0.263 e. The zero-order valence-corrected chi connectivity index (χ0v) is 14.2. The summed E-state index contributed by atoms with van der Waals surface area (Å²) in [5.74, 6) is 1.17. The van der Waals surface area contributed by atoms with E-state index in [0.29, 0.717) is 29.6 Å².